The third kappa shape index (κ3) is 4.18. The molecule has 0 radical (unpaired) electrons. The van der Waals surface area contributed by atoms with E-state index in [4.69, 9.17) is 21.1 Å². The van der Waals surface area contributed by atoms with E-state index >= 15 is 0 Å². The summed E-state index contributed by atoms with van der Waals surface area (Å²) in [5, 5.41) is 2.96. The summed E-state index contributed by atoms with van der Waals surface area (Å²) in [5.41, 5.74) is -0.362. The monoisotopic (exact) mass is 247 g/mol. The average molecular weight is 248 g/mol. The molecule has 0 aliphatic rings. The van der Waals surface area contributed by atoms with Crippen LogP contribution in [0.3, 0.4) is 0 Å². The molecule has 0 fully saturated rings. The van der Waals surface area contributed by atoms with Crippen molar-refractivity contribution >= 4 is 17.4 Å². The fourth-order valence-corrected chi connectivity index (χ4v) is 1.16. The first-order valence-electron chi connectivity index (χ1n) is 4.79. The number of hydrogen-bond donors (Lipinski definition) is 2. The van der Waals surface area contributed by atoms with Crippen molar-refractivity contribution in [3.8, 4) is 0 Å². The van der Waals surface area contributed by atoms with Gasteiger partial charge in [-0.25, -0.2) is 4.98 Å². The second kappa shape index (κ2) is 7.21. The molecular formula is C9H14ClN3O3. The van der Waals surface area contributed by atoms with Gasteiger partial charge in [0.25, 0.3) is 5.56 Å². The maximum atomic E-state index is 11.1. The molecule has 0 amide bonds. The van der Waals surface area contributed by atoms with E-state index in [-0.39, 0.29) is 10.6 Å². The molecule has 0 aliphatic heterocycles. The number of methoxy groups -OCH3 is 1. The Morgan fingerprint density at radius 1 is 1.50 bits per heavy atom. The average Bonchev–Trinajstić information content (AvgIpc) is 2.29. The number of anilines is 1. The van der Waals surface area contributed by atoms with Crippen LogP contribution in [0.5, 0.6) is 0 Å². The van der Waals surface area contributed by atoms with Crippen LogP contribution in [0.25, 0.3) is 0 Å². The molecule has 0 saturated carbocycles. The number of ether oxygens (including phenoxy) is 2. The molecule has 1 rings (SSSR count). The standard InChI is InChI=1S/C9H14ClN3O3/c1-15-4-5-16-3-2-11-8-7(10)9(14)13-6-12-8/h6H,2-5H2,1H3,(H2,11,12,13,14). The lowest BCUT2D eigenvalue weighted by Crippen LogP contribution is -2.16. The van der Waals surface area contributed by atoms with Gasteiger partial charge in [0.05, 0.1) is 26.1 Å². The number of halogens is 1. The summed E-state index contributed by atoms with van der Waals surface area (Å²) in [7, 11) is 1.61. The van der Waals surface area contributed by atoms with E-state index in [0.29, 0.717) is 32.2 Å². The molecule has 90 valence electrons. The predicted octanol–water partition coefficient (Wildman–Crippen LogP) is 0.498. The maximum Gasteiger partial charge on any atom is 0.271 e. The quantitative estimate of drug-likeness (QED) is 0.686. The summed E-state index contributed by atoms with van der Waals surface area (Å²) >= 11 is 5.73. The van der Waals surface area contributed by atoms with Crippen LogP contribution < -0.4 is 10.9 Å². The van der Waals surface area contributed by atoms with Crippen molar-refractivity contribution in [2.45, 2.75) is 0 Å². The third-order valence-corrected chi connectivity index (χ3v) is 2.12. The summed E-state index contributed by atoms with van der Waals surface area (Å²) in [6.45, 7) is 2.12. The molecular weight excluding hydrogens is 234 g/mol. The second-order valence-electron chi connectivity index (χ2n) is 2.93. The van der Waals surface area contributed by atoms with Crippen LogP contribution >= 0.6 is 11.6 Å². The summed E-state index contributed by atoms with van der Waals surface area (Å²) in [6, 6.07) is 0. The predicted molar refractivity (Wildman–Crippen MR) is 61.1 cm³/mol. The van der Waals surface area contributed by atoms with Crippen molar-refractivity contribution in [2.24, 2.45) is 0 Å². The zero-order valence-corrected chi connectivity index (χ0v) is 9.71. The number of H-pyrrole nitrogens is 1. The van der Waals surface area contributed by atoms with Gasteiger partial charge in [0.1, 0.15) is 5.02 Å². The minimum Gasteiger partial charge on any atom is -0.382 e. The fourth-order valence-electron chi connectivity index (χ4n) is 0.992. The van der Waals surface area contributed by atoms with Gasteiger partial charge in [-0.2, -0.15) is 0 Å². The number of nitrogens with zero attached hydrogens (tertiary/aromatic N) is 1. The number of rotatable bonds is 7. The van der Waals surface area contributed by atoms with Crippen molar-refractivity contribution in [2.75, 3.05) is 38.8 Å². The molecule has 0 saturated heterocycles. The van der Waals surface area contributed by atoms with E-state index in [1.807, 2.05) is 0 Å². The molecule has 16 heavy (non-hydrogen) atoms. The highest BCUT2D eigenvalue weighted by Crippen LogP contribution is 2.10. The van der Waals surface area contributed by atoms with E-state index in [1.165, 1.54) is 6.33 Å². The van der Waals surface area contributed by atoms with E-state index in [9.17, 15) is 4.79 Å². The topological polar surface area (TPSA) is 76.2 Å². The van der Waals surface area contributed by atoms with Gasteiger partial charge in [0.15, 0.2) is 5.82 Å². The molecule has 1 aromatic heterocycles. The van der Waals surface area contributed by atoms with Crippen molar-refractivity contribution < 1.29 is 9.47 Å². The van der Waals surface area contributed by atoms with Gasteiger partial charge >= 0.3 is 0 Å². The van der Waals surface area contributed by atoms with Crippen LogP contribution in [0.15, 0.2) is 11.1 Å². The van der Waals surface area contributed by atoms with Gasteiger partial charge in [0.2, 0.25) is 0 Å². The number of aromatic nitrogens is 2. The first-order valence-corrected chi connectivity index (χ1v) is 5.17. The molecule has 7 heteroatoms. The molecule has 1 aromatic rings. The first-order chi connectivity index (χ1) is 7.75. The number of hydrogen-bond acceptors (Lipinski definition) is 5. The summed E-state index contributed by atoms with van der Waals surface area (Å²) < 4.78 is 10.0. The molecule has 2 N–H and O–H groups in total. The zero-order chi connectivity index (χ0) is 11.8. The van der Waals surface area contributed by atoms with Gasteiger partial charge in [-0.1, -0.05) is 11.6 Å². The first kappa shape index (κ1) is 13.0. The fraction of sp³-hybridized carbons (Fsp3) is 0.556. The molecule has 0 spiro atoms. The summed E-state index contributed by atoms with van der Waals surface area (Å²) in [4.78, 5) is 17.4. The minimum atomic E-state index is -0.362. The SMILES string of the molecule is COCCOCCNc1nc[nH]c(=O)c1Cl. The molecule has 6 nitrogen and oxygen atoms in total. The van der Waals surface area contributed by atoms with Gasteiger partial charge in [-0.15, -0.1) is 0 Å². The van der Waals surface area contributed by atoms with Crippen LogP contribution in [0.2, 0.25) is 5.02 Å². The largest absolute Gasteiger partial charge is 0.382 e. The second-order valence-corrected chi connectivity index (χ2v) is 3.30. The van der Waals surface area contributed by atoms with E-state index in [2.05, 4.69) is 15.3 Å². The smallest absolute Gasteiger partial charge is 0.271 e. The summed E-state index contributed by atoms with van der Waals surface area (Å²) in [6.07, 6.45) is 1.29. The highest BCUT2D eigenvalue weighted by atomic mass is 35.5. The Morgan fingerprint density at radius 2 is 2.31 bits per heavy atom. The summed E-state index contributed by atoms with van der Waals surface area (Å²) in [5.74, 6) is 0.362. The maximum absolute atomic E-state index is 11.1. The van der Waals surface area contributed by atoms with Crippen LogP contribution in [-0.4, -0.2) is 43.4 Å². The Labute approximate surface area is 97.9 Å². The van der Waals surface area contributed by atoms with Crippen LogP contribution in [0.4, 0.5) is 5.82 Å². The van der Waals surface area contributed by atoms with Crippen LogP contribution in [-0.2, 0) is 9.47 Å². The van der Waals surface area contributed by atoms with Gasteiger partial charge in [0, 0.05) is 13.7 Å². The minimum absolute atomic E-state index is 0.0550. The normalized spacial score (nSPS) is 10.4. The molecule has 0 atom stereocenters. The third-order valence-electron chi connectivity index (χ3n) is 1.77. The van der Waals surface area contributed by atoms with E-state index in [0.717, 1.165) is 0 Å². The molecule has 0 aliphatic carbocycles. The molecule has 0 bridgehead atoms. The molecule has 0 unspecified atom stereocenters. The van der Waals surface area contributed by atoms with E-state index in [1.54, 1.807) is 7.11 Å². The van der Waals surface area contributed by atoms with Crippen molar-refractivity contribution in [3.05, 3.63) is 21.7 Å². The Balaban J connectivity index is 2.27. The lowest BCUT2D eigenvalue weighted by Gasteiger charge is -2.06. The van der Waals surface area contributed by atoms with Crippen molar-refractivity contribution in [1.82, 2.24) is 9.97 Å². The van der Waals surface area contributed by atoms with Gasteiger partial charge < -0.3 is 19.8 Å². The Morgan fingerprint density at radius 3 is 3.06 bits per heavy atom. The van der Waals surface area contributed by atoms with Crippen LogP contribution in [0.1, 0.15) is 0 Å². The van der Waals surface area contributed by atoms with Crippen molar-refractivity contribution in [3.63, 3.8) is 0 Å². The highest BCUT2D eigenvalue weighted by molar-refractivity contribution is 6.32. The lowest BCUT2D eigenvalue weighted by atomic mass is 10.5. The Kier molecular flexibility index (Phi) is 5.84. The Bertz CT molecular complexity index is 369. The molecule has 1 heterocycles. The van der Waals surface area contributed by atoms with Crippen LogP contribution in [0, 0.1) is 0 Å². The van der Waals surface area contributed by atoms with Gasteiger partial charge in [-0.05, 0) is 0 Å². The highest BCUT2D eigenvalue weighted by Gasteiger charge is 2.03. The lowest BCUT2D eigenvalue weighted by molar-refractivity contribution is 0.0759. The molecule has 0 aromatic carbocycles. The number of nitrogens with one attached hydrogen (secondary N) is 2. The zero-order valence-electron chi connectivity index (χ0n) is 8.96. The Hall–Kier alpha value is -1.11. The van der Waals surface area contributed by atoms with Gasteiger partial charge in [-0.3, -0.25) is 4.79 Å². The number of aromatic amines is 1. The van der Waals surface area contributed by atoms with E-state index < -0.39 is 0 Å². The van der Waals surface area contributed by atoms with Crippen molar-refractivity contribution in [1.29, 1.82) is 0 Å².